The van der Waals surface area contributed by atoms with Crippen LogP contribution in [0.3, 0.4) is 0 Å². The molecule has 0 spiro atoms. The average Bonchev–Trinajstić information content (AvgIpc) is 3.08. The molecule has 0 amide bonds. The number of hydrogen-bond donors (Lipinski definition) is 3. The molecule has 3 aromatic rings. The largest absolute Gasteiger partial charge is 0.380 e. The first-order valence-electron chi connectivity index (χ1n) is 8.96. The van der Waals surface area contributed by atoms with Crippen LogP contribution in [0.4, 0.5) is 4.39 Å². The molecular weight excluding hydrogens is 470 g/mol. The zero-order valence-corrected chi connectivity index (χ0v) is 18.4. The van der Waals surface area contributed by atoms with E-state index in [9.17, 15) is 4.39 Å². The van der Waals surface area contributed by atoms with E-state index in [0.29, 0.717) is 19.7 Å². The summed E-state index contributed by atoms with van der Waals surface area (Å²) in [5.74, 6) is 0.521. The number of halogens is 2. The van der Waals surface area contributed by atoms with Crippen LogP contribution in [0.5, 0.6) is 0 Å². The van der Waals surface area contributed by atoms with Gasteiger partial charge in [0.1, 0.15) is 5.82 Å². The van der Waals surface area contributed by atoms with Crippen LogP contribution in [-0.2, 0) is 24.3 Å². The topological polar surface area (TPSA) is 61.4 Å². The fraction of sp³-hybridized carbons (Fsp3) is 0.286. The Hall–Kier alpha value is -2.13. The molecule has 1 aromatic heterocycles. The summed E-state index contributed by atoms with van der Waals surface area (Å²) in [5.41, 5.74) is 4.36. The number of aromatic nitrogens is 1. The molecule has 1 heterocycles. The van der Waals surface area contributed by atoms with E-state index in [4.69, 9.17) is 4.74 Å². The van der Waals surface area contributed by atoms with Crippen LogP contribution in [-0.4, -0.2) is 31.6 Å². The van der Waals surface area contributed by atoms with Crippen molar-refractivity contribution in [2.24, 2.45) is 4.99 Å². The van der Waals surface area contributed by atoms with Gasteiger partial charge in [-0.1, -0.05) is 24.3 Å². The predicted octanol–water partition coefficient (Wildman–Crippen LogP) is 3.98. The number of aliphatic imine (C=N–C) groups is 1. The van der Waals surface area contributed by atoms with Crippen molar-refractivity contribution >= 4 is 40.8 Å². The number of rotatable bonds is 7. The highest BCUT2D eigenvalue weighted by Crippen LogP contribution is 2.19. The third kappa shape index (κ3) is 5.93. The van der Waals surface area contributed by atoms with Crippen LogP contribution >= 0.6 is 24.0 Å². The molecule has 0 bridgehead atoms. The summed E-state index contributed by atoms with van der Waals surface area (Å²) in [7, 11) is 3.44. The Bertz CT molecular complexity index is 908. The lowest BCUT2D eigenvalue weighted by atomic mass is 10.1. The van der Waals surface area contributed by atoms with Crippen LogP contribution in [0, 0.1) is 5.82 Å². The number of fused-ring (bicyclic) bond motifs is 1. The molecule has 3 N–H and O–H groups in total. The lowest BCUT2D eigenvalue weighted by Crippen LogP contribution is -2.37. The summed E-state index contributed by atoms with van der Waals surface area (Å²) < 4.78 is 18.6. The number of benzene rings is 2. The first kappa shape index (κ1) is 22.2. The van der Waals surface area contributed by atoms with E-state index < -0.39 is 0 Å². The van der Waals surface area contributed by atoms with Gasteiger partial charge in [-0.2, -0.15) is 0 Å². The van der Waals surface area contributed by atoms with Crippen molar-refractivity contribution in [2.75, 3.05) is 20.7 Å². The van der Waals surface area contributed by atoms with Crippen LogP contribution in [0.25, 0.3) is 10.9 Å². The minimum absolute atomic E-state index is 0. The second-order valence-corrected chi connectivity index (χ2v) is 6.36. The number of hydrogen-bond acceptors (Lipinski definition) is 2. The standard InChI is InChI=1S/C21H25FN4O.HI/c1-23-21(26-12-15-3-5-16(6-4-15)14-27-2)24-10-9-17-13-25-20-8-7-18(22)11-19(17)20;/h3-8,11,13,25H,9-10,12,14H2,1-2H3,(H2,23,24,26);1H. The first-order chi connectivity index (χ1) is 13.2. The second-order valence-electron chi connectivity index (χ2n) is 6.36. The van der Waals surface area contributed by atoms with Gasteiger partial charge in [0.05, 0.1) is 6.61 Å². The number of H-pyrrole nitrogens is 1. The van der Waals surface area contributed by atoms with Gasteiger partial charge in [0.25, 0.3) is 0 Å². The maximum absolute atomic E-state index is 13.5. The maximum atomic E-state index is 13.5. The minimum atomic E-state index is -0.217. The number of nitrogens with one attached hydrogen (secondary N) is 3. The monoisotopic (exact) mass is 496 g/mol. The van der Waals surface area contributed by atoms with Gasteiger partial charge in [-0.15, -0.1) is 24.0 Å². The lowest BCUT2D eigenvalue weighted by molar-refractivity contribution is 0.185. The number of ether oxygens (including phenoxy) is 1. The number of guanidine groups is 1. The van der Waals surface area contributed by atoms with E-state index in [1.807, 2.05) is 6.20 Å². The van der Waals surface area contributed by atoms with Crippen molar-refractivity contribution < 1.29 is 9.13 Å². The van der Waals surface area contributed by atoms with Gasteiger partial charge in [0.2, 0.25) is 0 Å². The highest BCUT2D eigenvalue weighted by atomic mass is 127. The third-order valence-electron chi connectivity index (χ3n) is 4.43. The van der Waals surface area contributed by atoms with E-state index >= 15 is 0 Å². The van der Waals surface area contributed by atoms with Gasteiger partial charge >= 0.3 is 0 Å². The summed E-state index contributed by atoms with van der Waals surface area (Å²) in [6.07, 6.45) is 2.71. The summed E-state index contributed by atoms with van der Waals surface area (Å²) in [4.78, 5) is 7.43. The van der Waals surface area contributed by atoms with Crippen molar-refractivity contribution in [3.05, 3.63) is 71.2 Å². The predicted molar refractivity (Wildman–Crippen MR) is 123 cm³/mol. The molecule has 0 atom stereocenters. The Morgan fingerprint density at radius 1 is 1.11 bits per heavy atom. The average molecular weight is 496 g/mol. The minimum Gasteiger partial charge on any atom is -0.380 e. The molecule has 0 aliphatic heterocycles. The van der Waals surface area contributed by atoms with E-state index in [1.54, 1.807) is 26.3 Å². The Morgan fingerprint density at radius 3 is 2.57 bits per heavy atom. The Labute approximate surface area is 181 Å². The van der Waals surface area contributed by atoms with E-state index in [2.05, 4.69) is 44.9 Å². The molecule has 3 rings (SSSR count). The molecule has 0 unspecified atom stereocenters. The van der Waals surface area contributed by atoms with Crippen LogP contribution in [0.1, 0.15) is 16.7 Å². The molecule has 2 aromatic carbocycles. The maximum Gasteiger partial charge on any atom is 0.191 e. The summed E-state index contributed by atoms with van der Waals surface area (Å²) >= 11 is 0. The van der Waals surface area contributed by atoms with Crippen LogP contribution in [0.2, 0.25) is 0 Å². The highest BCUT2D eigenvalue weighted by Gasteiger charge is 2.05. The Balaban J connectivity index is 0.00000280. The van der Waals surface area contributed by atoms with E-state index in [-0.39, 0.29) is 29.8 Å². The fourth-order valence-corrected chi connectivity index (χ4v) is 3.00. The molecule has 0 aliphatic rings. The van der Waals surface area contributed by atoms with Crippen molar-refractivity contribution in [1.29, 1.82) is 0 Å². The number of methoxy groups -OCH3 is 1. The summed E-state index contributed by atoms with van der Waals surface area (Å²) in [6.45, 7) is 2.01. The number of aromatic amines is 1. The molecule has 0 aliphatic carbocycles. The van der Waals surface area contributed by atoms with Gasteiger partial charge < -0.3 is 20.4 Å². The molecule has 28 heavy (non-hydrogen) atoms. The van der Waals surface area contributed by atoms with Gasteiger partial charge in [0, 0.05) is 44.3 Å². The van der Waals surface area contributed by atoms with Gasteiger partial charge in [-0.25, -0.2) is 4.39 Å². The molecule has 150 valence electrons. The molecule has 0 radical (unpaired) electrons. The van der Waals surface area contributed by atoms with E-state index in [1.165, 1.54) is 11.6 Å². The SMILES string of the molecule is CN=C(NCCc1c[nH]c2ccc(F)cc12)NCc1ccc(COC)cc1.I. The molecule has 5 nitrogen and oxygen atoms in total. The molecule has 7 heteroatoms. The van der Waals surface area contributed by atoms with Gasteiger partial charge in [0.15, 0.2) is 5.96 Å². The molecule has 0 fully saturated rings. The zero-order chi connectivity index (χ0) is 19.1. The zero-order valence-electron chi connectivity index (χ0n) is 16.1. The van der Waals surface area contributed by atoms with Crippen LogP contribution in [0.15, 0.2) is 53.7 Å². The van der Waals surface area contributed by atoms with Gasteiger partial charge in [-0.05, 0) is 41.3 Å². The Kier molecular flexibility index (Phi) is 8.72. The third-order valence-corrected chi connectivity index (χ3v) is 4.43. The van der Waals surface area contributed by atoms with Crippen LogP contribution < -0.4 is 10.6 Å². The summed E-state index contributed by atoms with van der Waals surface area (Å²) in [5, 5.41) is 7.53. The molecular formula is C21H26FIN4O. The smallest absolute Gasteiger partial charge is 0.191 e. The molecule has 0 saturated heterocycles. The lowest BCUT2D eigenvalue weighted by Gasteiger charge is -2.12. The second kappa shape index (κ2) is 11.0. The van der Waals surface area contributed by atoms with Gasteiger partial charge in [-0.3, -0.25) is 4.99 Å². The number of nitrogens with zero attached hydrogens (tertiary/aromatic N) is 1. The van der Waals surface area contributed by atoms with Crippen molar-refractivity contribution in [3.63, 3.8) is 0 Å². The van der Waals surface area contributed by atoms with Crippen molar-refractivity contribution in [2.45, 2.75) is 19.6 Å². The first-order valence-corrected chi connectivity index (χ1v) is 8.96. The van der Waals surface area contributed by atoms with Crippen molar-refractivity contribution in [1.82, 2.24) is 15.6 Å². The quantitative estimate of drug-likeness (QED) is 0.264. The highest BCUT2D eigenvalue weighted by molar-refractivity contribution is 14.0. The fourth-order valence-electron chi connectivity index (χ4n) is 3.00. The van der Waals surface area contributed by atoms with Crippen molar-refractivity contribution in [3.8, 4) is 0 Å². The summed E-state index contributed by atoms with van der Waals surface area (Å²) in [6, 6.07) is 13.1. The normalized spacial score (nSPS) is 11.3. The Morgan fingerprint density at radius 2 is 1.86 bits per heavy atom. The molecule has 0 saturated carbocycles. The van der Waals surface area contributed by atoms with E-state index in [0.717, 1.165) is 34.4 Å².